The summed E-state index contributed by atoms with van der Waals surface area (Å²) in [6.45, 7) is 0. The highest BCUT2D eigenvalue weighted by atomic mass is 19.3. The molecule has 0 spiro atoms. The van der Waals surface area contributed by atoms with Gasteiger partial charge in [0.25, 0.3) is 5.91 Å². The van der Waals surface area contributed by atoms with Crippen LogP contribution in [0, 0.1) is 17.1 Å². The second kappa shape index (κ2) is 12.8. The lowest BCUT2D eigenvalue weighted by Gasteiger charge is -2.37. The minimum absolute atomic E-state index is 0.00606. The van der Waals surface area contributed by atoms with Gasteiger partial charge >= 0.3 is 0 Å². The fourth-order valence-electron chi connectivity index (χ4n) is 5.84. The van der Waals surface area contributed by atoms with Gasteiger partial charge in [-0.05, 0) is 55.7 Å². The van der Waals surface area contributed by atoms with Gasteiger partial charge in [0.15, 0.2) is 0 Å². The zero-order valence-corrected chi connectivity index (χ0v) is 24.0. The Hall–Kier alpha value is -4.92. The number of anilines is 3. The molecule has 2 heterocycles. The highest BCUT2D eigenvalue weighted by Crippen LogP contribution is 2.37. The Bertz CT molecular complexity index is 1600. The number of hydrogen-bond donors (Lipinski definition) is 2. The van der Waals surface area contributed by atoms with Crippen LogP contribution in [0.4, 0.5) is 30.4 Å². The van der Waals surface area contributed by atoms with E-state index in [2.05, 4.69) is 15.6 Å². The van der Waals surface area contributed by atoms with E-state index in [0.29, 0.717) is 11.3 Å². The number of pyridine rings is 1. The normalized spacial score (nSPS) is 18.8. The zero-order valence-electron chi connectivity index (χ0n) is 24.0. The molecular weight excluding hydrogens is 573 g/mol. The molecule has 1 aliphatic heterocycles. The van der Waals surface area contributed by atoms with Gasteiger partial charge in [-0.25, -0.2) is 18.2 Å². The average molecular weight is 605 g/mol. The summed E-state index contributed by atoms with van der Waals surface area (Å²) in [5.41, 5.74) is 1.20. The summed E-state index contributed by atoms with van der Waals surface area (Å²) in [6.07, 6.45) is 0.802. The predicted molar refractivity (Wildman–Crippen MR) is 157 cm³/mol. The van der Waals surface area contributed by atoms with E-state index >= 15 is 0 Å². The molecule has 2 atom stereocenters. The molecule has 1 aliphatic carbocycles. The molecule has 3 amide bonds. The summed E-state index contributed by atoms with van der Waals surface area (Å²) >= 11 is 0. The number of nitriles is 1. The number of alkyl halides is 2. The number of hydrogen-bond acceptors (Lipinski definition) is 6. The van der Waals surface area contributed by atoms with E-state index in [-0.39, 0.29) is 55.6 Å². The van der Waals surface area contributed by atoms with E-state index in [1.165, 1.54) is 41.4 Å². The molecule has 0 radical (unpaired) electrons. The highest BCUT2D eigenvalue weighted by molar-refractivity contribution is 6.11. The molecule has 5 rings (SSSR count). The maximum absolute atomic E-state index is 14.7. The zero-order chi connectivity index (χ0) is 31.4. The largest absolute Gasteiger partial charge is 0.388 e. The van der Waals surface area contributed by atoms with Crippen molar-refractivity contribution in [2.45, 2.75) is 62.6 Å². The third kappa shape index (κ3) is 6.37. The Kier molecular flexibility index (Phi) is 8.85. The Balaban J connectivity index is 1.61. The number of para-hydroxylation sites is 1. The molecular formula is C32H31F3N6O3. The van der Waals surface area contributed by atoms with Crippen LogP contribution in [0.1, 0.15) is 55.7 Å². The summed E-state index contributed by atoms with van der Waals surface area (Å²) in [7, 11) is 1.65. The van der Waals surface area contributed by atoms with Gasteiger partial charge in [-0.3, -0.25) is 24.2 Å². The molecule has 2 N–H and O–H groups in total. The van der Waals surface area contributed by atoms with E-state index in [1.807, 2.05) is 6.07 Å². The number of rotatable bonds is 8. The summed E-state index contributed by atoms with van der Waals surface area (Å²) in [4.78, 5) is 48.6. The molecule has 1 aromatic heterocycles. The average Bonchev–Trinajstić information content (AvgIpc) is 3.41. The Labute approximate surface area is 252 Å². The Morgan fingerprint density at radius 1 is 1.09 bits per heavy atom. The van der Waals surface area contributed by atoms with Crippen molar-refractivity contribution in [2.75, 3.05) is 22.2 Å². The van der Waals surface area contributed by atoms with Crippen LogP contribution < -0.4 is 20.4 Å². The van der Waals surface area contributed by atoms with Crippen LogP contribution in [-0.2, 0) is 14.4 Å². The smallest absolute Gasteiger partial charge is 0.251 e. The first-order chi connectivity index (χ1) is 21.1. The number of nitrogens with zero attached hydrogens (tertiary/aromatic N) is 4. The van der Waals surface area contributed by atoms with Crippen molar-refractivity contribution in [2.24, 2.45) is 0 Å². The SMILES string of the molecule is CNc1ccccc1C(C(=O)NC1CCC(F)(F)CC1)N(C(=O)[C@@H]1CCC(=O)N1c1cc(C#N)ccn1)c1cccc(F)c1. The third-order valence-corrected chi connectivity index (χ3v) is 8.04. The molecule has 44 heavy (non-hydrogen) atoms. The van der Waals surface area contributed by atoms with Crippen LogP contribution in [0.2, 0.25) is 0 Å². The number of amides is 3. The van der Waals surface area contributed by atoms with Crippen molar-refractivity contribution < 1.29 is 27.6 Å². The fourth-order valence-corrected chi connectivity index (χ4v) is 5.84. The number of nitrogens with one attached hydrogen (secondary N) is 2. The molecule has 3 aromatic rings. The van der Waals surface area contributed by atoms with Gasteiger partial charge in [-0.1, -0.05) is 24.3 Å². The second-order valence-electron chi connectivity index (χ2n) is 10.9. The fraction of sp³-hybridized carbons (Fsp3) is 0.344. The first-order valence-corrected chi connectivity index (χ1v) is 14.3. The number of halogens is 3. The summed E-state index contributed by atoms with van der Waals surface area (Å²) < 4.78 is 42.5. The first-order valence-electron chi connectivity index (χ1n) is 14.3. The lowest BCUT2D eigenvalue weighted by molar-refractivity contribution is -0.128. The molecule has 0 bridgehead atoms. The molecule has 9 nitrogen and oxygen atoms in total. The number of carbonyl (C=O) groups excluding carboxylic acids is 3. The lowest BCUT2D eigenvalue weighted by Crippen LogP contribution is -2.53. The van der Waals surface area contributed by atoms with Gasteiger partial charge in [0, 0.05) is 55.5 Å². The van der Waals surface area contributed by atoms with Gasteiger partial charge in [-0.15, -0.1) is 0 Å². The highest BCUT2D eigenvalue weighted by Gasteiger charge is 2.45. The van der Waals surface area contributed by atoms with Crippen molar-refractivity contribution in [1.29, 1.82) is 5.26 Å². The summed E-state index contributed by atoms with van der Waals surface area (Å²) in [6, 6.07) is 13.8. The lowest BCUT2D eigenvalue weighted by atomic mass is 9.91. The van der Waals surface area contributed by atoms with E-state index in [1.54, 1.807) is 31.3 Å². The number of aromatic nitrogens is 1. The monoisotopic (exact) mass is 604 g/mol. The van der Waals surface area contributed by atoms with Gasteiger partial charge in [-0.2, -0.15) is 5.26 Å². The van der Waals surface area contributed by atoms with Crippen LogP contribution in [0.15, 0.2) is 66.9 Å². The van der Waals surface area contributed by atoms with Crippen LogP contribution in [0.5, 0.6) is 0 Å². The van der Waals surface area contributed by atoms with Gasteiger partial charge in [0.2, 0.25) is 17.7 Å². The predicted octanol–water partition coefficient (Wildman–Crippen LogP) is 5.10. The van der Waals surface area contributed by atoms with Crippen LogP contribution in [0.25, 0.3) is 0 Å². The van der Waals surface area contributed by atoms with Crippen molar-refractivity contribution in [1.82, 2.24) is 10.3 Å². The summed E-state index contributed by atoms with van der Waals surface area (Å²) in [5, 5.41) is 15.3. The maximum Gasteiger partial charge on any atom is 0.251 e. The minimum Gasteiger partial charge on any atom is -0.388 e. The van der Waals surface area contributed by atoms with Crippen LogP contribution in [0.3, 0.4) is 0 Å². The van der Waals surface area contributed by atoms with Crippen LogP contribution >= 0.6 is 0 Å². The Morgan fingerprint density at radius 2 is 1.84 bits per heavy atom. The molecule has 2 aromatic carbocycles. The molecule has 2 aliphatic rings. The second-order valence-corrected chi connectivity index (χ2v) is 10.9. The molecule has 1 saturated carbocycles. The standard InChI is InChI=1S/C32H31F3N6O3/c1-37-25-8-3-2-7-24(25)29(30(43)39-22-11-14-32(34,35)15-12-22)40(23-6-4-5-21(33)18-23)31(44)26-9-10-28(42)41(26)27-17-20(19-36)13-16-38-27/h2-8,13,16-18,22,26,29,37H,9-12,14-15H2,1H3,(H,39,43)/t26-,29?/m0/s1. The number of benzene rings is 2. The van der Waals surface area contributed by atoms with Gasteiger partial charge < -0.3 is 10.6 Å². The van der Waals surface area contributed by atoms with Gasteiger partial charge in [0.1, 0.15) is 23.7 Å². The van der Waals surface area contributed by atoms with Gasteiger partial charge in [0.05, 0.1) is 11.6 Å². The molecule has 1 saturated heterocycles. The van der Waals surface area contributed by atoms with E-state index in [4.69, 9.17) is 0 Å². The van der Waals surface area contributed by atoms with E-state index in [9.17, 15) is 32.8 Å². The molecule has 1 unspecified atom stereocenters. The molecule has 12 heteroatoms. The minimum atomic E-state index is -2.81. The Morgan fingerprint density at radius 3 is 2.55 bits per heavy atom. The third-order valence-electron chi connectivity index (χ3n) is 8.04. The summed E-state index contributed by atoms with van der Waals surface area (Å²) in [5.74, 6) is -5.07. The van der Waals surface area contributed by atoms with Crippen LogP contribution in [-0.4, -0.2) is 47.8 Å². The van der Waals surface area contributed by atoms with Crippen molar-refractivity contribution in [3.63, 3.8) is 0 Å². The number of carbonyl (C=O) groups is 3. The van der Waals surface area contributed by atoms with E-state index in [0.717, 1.165) is 11.0 Å². The first kappa shape index (κ1) is 30.5. The van der Waals surface area contributed by atoms with Crippen molar-refractivity contribution in [3.05, 3.63) is 83.8 Å². The molecule has 2 fully saturated rings. The topological polar surface area (TPSA) is 118 Å². The quantitative estimate of drug-likeness (QED) is 0.370. The van der Waals surface area contributed by atoms with Crippen molar-refractivity contribution >= 4 is 34.9 Å². The van der Waals surface area contributed by atoms with E-state index < -0.39 is 47.6 Å². The van der Waals surface area contributed by atoms with Crippen molar-refractivity contribution in [3.8, 4) is 6.07 Å². The maximum atomic E-state index is 14.7. The molecule has 228 valence electrons.